The van der Waals surface area contributed by atoms with E-state index in [0.29, 0.717) is 5.56 Å². The van der Waals surface area contributed by atoms with Crippen LogP contribution < -0.4 is 5.32 Å². The number of carbonyl (C=O) groups is 2. The number of carbonyl (C=O) groups excluding carboxylic acids is 2. The van der Waals surface area contributed by atoms with Crippen molar-refractivity contribution in [2.24, 2.45) is 0 Å². The third-order valence-corrected chi connectivity index (χ3v) is 5.86. The van der Waals surface area contributed by atoms with Crippen LogP contribution in [-0.4, -0.2) is 28.8 Å². The minimum absolute atomic E-state index is 0.0660. The highest BCUT2D eigenvalue weighted by atomic mass is 19.1. The van der Waals surface area contributed by atoms with Crippen molar-refractivity contribution >= 4 is 11.8 Å². The van der Waals surface area contributed by atoms with Crippen molar-refractivity contribution in [2.75, 3.05) is 0 Å². The minimum atomic E-state index is -0.677. The topological polar surface area (TPSA) is 49.4 Å². The molecule has 5 heteroatoms. The van der Waals surface area contributed by atoms with Crippen molar-refractivity contribution in [3.63, 3.8) is 0 Å². The molecule has 1 N–H and O–H groups in total. The van der Waals surface area contributed by atoms with Crippen LogP contribution >= 0.6 is 0 Å². The molecular formula is C25H31FN2O2. The monoisotopic (exact) mass is 410 g/mol. The molecule has 3 rings (SSSR count). The van der Waals surface area contributed by atoms with Crippen molar-refractivity contribution in [3.8, 4) is 0 Å². The summed E-state index contributed by atoms with van der Waals surface area (Å²) in [6.45, 7) is 3.77. The third-order valence-electron chi connectivity index (χ3n) is 5.86. The van der Waals surface area contributed by atoms with Gasteiger partial charge in [0.2, 0.25) is 11.8 Å². The molecule has 1 fully saturated rings. The van der Waals surface area contributed by atoms with E-state index < -0.39 is 6.04 Å². The largest absolute Gasteiger partial charge is 0.352 e. The number of nitrogens with zero attached hydrogens (tertiary/aromatic N) is 1. The van der Waals surface area contributed by atoms with Crippen LogP contribution in [0, 0.1) is 12.7 Å². The van der Waals surface area contributed by atoms with Crippen LogP contribution in [0.5, 0.6) is 0 Å². The molecule has 1 aliphatic rings. The second-order valence-corrected chi connectivity index (χ2v) is 8.30. The van der Waals surface area contributed by atoms with Crippen LogP contribution in [0.3, 0.4) is 0 Å². The first-order chi connectivity index (χ1) is 14.4. The van der Waals surface area contributed by atoms with Gasteiger partial charge in [-0.1, -0.05) is 67.3 Å². The van der Waals surface area contributed by atoms with Crippen molar-refractivity contribution in [1.29, 1.82) is 0 Å². The Bertz CT molecular complexity index is 877. The van der Waals surface area contributed by atoms with E-state index in [0.717, 1.165) is 36.8 Å². The van der Waals surface area contributed by atoms with Crippen LogP contribution in [-0.2, 0) is 22.6 Å². The van der Waals surface area contributed by atoms with Crippen LogP contribution in [0.1, 0.15) is 55.7 Å². The molecule has 0 unspecified atom stereocenters. The Morgan fingerprint density at radius 1 is 1.10 bits per heavy atom. The average molecular weight is 411 g/mol. The zero-order chi connectivity index (χ0) is 21.5. The van der Waals surface area contributed by atoms with E-state index in [9.17, 15) is 14.0 Å². The van der Waals surface area contributed by atoms with E-state index in [4.69, 9.17) is 0 Å². The maximum absolute atomic E-state index is 14.3. The zero-order valence-electron chi connectivity index (χ0n) is 17.9. The van der Waals surface area contributed by atoms with Crippen molar-refractivity contribution in [3.05, 3.63) is 71.0 Å². The smallest absolute Gasteiger partial charge is 0.242 e. The van der Waals surface area contributed by atoms with E-state index in [1.165, 1.54) is 17.4 Å². The number of hydrogen-bond acceptors (Lipinski definition) is 2. The Morgan fingerprint density at radius 3 is 2.53 bits per heavy atom. The summed E-state index contributed by atoms with van der Waals surface area (Å²) in [6.07, 6.45) is 5.56. The lowest BCUT2D eigenvalue weighted by molar-refractivity contribution is -0.140. The molecule has 0 aliphatic heterocycles. The molecule has 30 heavy (non-hydrogen) atoms. The standard InChI is InChI=1S/C25H31FN2O2/c1-18-9-8-10-20(15-18)16-24(29)28(17-21-11-6-7-14-23(21)26)19(2)25(30)27-22-12-4-3-5-13-22/h6-11,14-15,19,22H,3-5,12-13,16-17H2,1-2H3,(H,27,30)/t19-/m1/s1. The van der Waals surface area contributed by atoms with Crippen LogP contribution in [0.4, 0.5) is 4.39 Å². The minimum Gasteiger partial charge on any atom is -0.352 e. The van der Waals surface area contributed by atoms with Gasteiger partial charge in [-0.3, -0.25) is 9.59 Å². The fraction of sp³-hybridized carbons (Fsp3) is 0.440. The molecule has 1 aliphatic carbocycles. The highest BCUT2D eigenvalue weighted by Gasteiger charge is 2.28. The maximum atomic E-state index is 14.3. The predicted molar refractivity (Wildman–Crippen MR) is 116 cm³/mol. The Balaban J connectivity index is 1.77. The fourth-order valence-corrected chi connectivity index (χ4v) is 4.06. The predicted octanol–water partition coefficient (Wildman–Crippen LogP) is 4.54. The summed E-state index contributed by atoms with van der Waals surface area (Å²) in [5.74, 6) is -0.725. The molecule has 0 spiro atoms. The van der Waals surface area contributed by atoms with Crippen LogP contribution in [0.25, 0.3) is 0 Å². The lowest BCUT2D eigenvalue weighted by Crippen LogP contribution is -2.50. The van der Waals surface area contributed by atoms with Gasteiger partial charge in [0.25, 0.3) is 0 Å². The summed E-state index contributed by atoms with van der Waals surface area (Å²) in [6, 6.07) is 13.7. The normalized spacial score (nSPS) is 15.4. The number of aryl methyl sites for hydroxylation is 1. The molecule has 0 bridgehead atoms. The molecule has 2 aromatic carbocycles. The average Bonchev–Trinajstić information content (AvgIpc) is 2.73. The van der Waals surface area contributed by atoms with E-state index in [1.54, 1.807) is 25.1 Å². The number of amides is 2. The summed E-state index contributed by atoms with van der Waals surface area (Å²) in [7, 11) is 0. The Morgan fingerprint density at radius 2 is 1.83 bits per heavy atom. The first kappa shape index (κ1) is 22.0. The zero-order valence-corrected chi connectivity index (χ0v) is 17.9. The van der Waals surface area contributed by atoms with Crippen molar-refractivity contribution in [1.82, 2.24) is 10.2 Å². The highest BCUT2D eigenvalue weighted by Crippen LogP contribution is 2.19. The molecule has 2 amide bonds. The van der Waals surface area contributed by atoms with Gasteiger partial charge in [0.1, 0.15) is 11.9 Å². The summed E-state index contributed by atoms with van der Waals surface area (Å²) in [5, 5.41) is 3.10. The number of hydrogen-bond donors (Lipinski definition) is 1. The van der Waals surface area contributed by atoms with Gasteiger partial charge >= 0.3 is 0 Å². The lowest BCUT2D eigenvalue weighted by atomic mass is 9.95. The first-order valence-corrected chi connectivity index (χ1v) is 10.8. The number of nitrogens with one attached hydrogen (secondary N) is 1. The molecular weight excluding hydrogens is 379 g/mol. The summed E-state index contributed by atoms with van der Waals surface area (Å²) < 4.78 is 14.3. The van der Waals surface area contributed by atoms with Crippen LogP contribution in [0.15, 0.2) is 48.5 Å². The lowest BCUT2D eigenvalue weighted by Gasteiger charge is -2.31. The second kappa shape index (κ2) is 10.4. The van der Waals surface area contributed by atoms with Gasteiger partial charge in [-0.2, -0.15) is 0 Å². The van der Waals surface area contributed by atoms with E-state index in [1.807, 2.05) is 31.2 Å². The summed E-state index contributed by atoms with van der Waals surface area (Å²) >= 11 is 0. The van der Waals surface area contributed by atoms with Crippen molar-refractivity contribution in [2.45, 2.75) is 71.0 Å². The van der Waals surface area contributed by atoms with Crippen molar-refractivity contribution < 1.29 is 14.0 Å². The van der Waals surface area contributed by atoms with E-state index in [2.05, 4.69) is 5.32 Å². The number of rotatable bonds is 7. The fourth-order valence-electron chi connectivity index (χ4n) is 4.06. The molecule has 2 aromatic rings. The van der Waals surface area contributed by atoms with Gasteiger partial charge in [-0.25, -0.2) is 4.39 Å². The highest BCUT2D eigenvalue weighted by molar-refractivity contribution is 5.88. The van der Waals surface area contributed by atoms with Crippen LogP contribution in [0.2, 0.25) is 0 Å². The molecule has 0 saturated heterocycles. The molecule has 4 nitrogen and oxygen atoms in total. The molecule has 0 aromatic heterocycles. The Labute approximate surface area is 178 Å². The van der Waals surface area contributed by atoms with E-state index in [-0.39, 0.29) is 36.6 Å². The van der Waals surface area contributed by atoms with Gasteiger partial charge < -0.3 is 10.2 Å². The van der Waals surface area contributed by atoms with Gasteiger partial charge in [0, 0.05) is 18.2 Å². The Hall–Kier alpha value is -2.69. The summed E-state index contributed by atoms with van der Waals surface area (Å²) in [5.41, 5.74) is 2.37. The van der Waals surface area contributed by atoms with Gasteiger partial charge in [-0.05, 0) is 38.3 Å². The number of halogens is 1. The Kier molecular flexibility index (Phi) is 7.61. The third kappa shape index (κ3) is 5.91. The molecule has 1 atom stereocenters. The summed E-state index contributed by atoms with van der Waals surface area (Å²) in [4.78, 5) is 27.6. The SMILES string of the molecule is Cc1cccc(CC(=O)N(Cc2ccccc2F)[C@H](C)C(=O)NC2CCCCC2)c1. The van der Waals surface area contributed by atoms with Gasteiger partial charge in [0.15, 0.2) is 0 Å². The van der Waals surface area contributed by atoms with Gasteiger partial charge in [-0.15, -0.1) is 0 Å². The van der Waals surface area contributed by atoms with E-state index >= 15 is 0 Å². The molecule has 1 saturated carbocycles. The maximum Gasteiger partial charge on any atom is 0.242 e. The first-order valence-electron chi connectivity index (χ1n) is 10.8. The number of benzene rings is 2. The molecule has 0 radical (unpaired) electrons. The molecule has 0 heterocycles. The van der Waals surface area contributed by atoms with Gasteiger partial charge in [0.05, 0.1) is 6.42 Å². The quantitative estimate of drug-likeness (QED) is 0.728. The second-order valence-electron chi connectivity index (χ2n) is 8.30. The molecule has 160 valence electrons.